The lowest BCUT2D eigenvalue weighted by molar-refractivity contribution is -0.870. The number of nitrogens with zero attached hydrogens (tertiary/aromatic N) is 1. The van der Waals surface area contributed by atoms with Gasteiger partial charge in [-0.1, -0.05) is 6.92 Å². The fourth-order valence-electron chi connectivity index (χ4n) is 0.813. The molecule has 0 aromatic heterocycles. The van der Waals surface area contributed by atoms with Crippen molar-refractivity contribution in [3.63, 3.8) is 0 Å². The van der Waals surface area contributed by atoms with Crippen molar-refractivity contribution in [3.8, 4) is 0 Å². The predicted octanol–water partition coefficient (Wildman–Crippen LogP) is 2.08. The first-order valence-electron chi connectivity index (χ1n) is 5.30. The summed E-state index contributed by atoms with van der Waals surface area (Å²) >= 11 is 0. The molecule has 0 saturated heterocycles. The summed E-state index contributed by atoms with van der Waals surface area (Å²) < 4.78 is 17.8. The third-order valence-corrected chi connectivity index (χ3v) is 5.04. The Morgan fingerprint density at radius 1 is 1.33 bits per heavy atom. The molecule has 0 fully saturated rings. The smallest absolute Gasteiger partial charge is 0.329 e. The predicted molar refractivity (Wildman–Crippen MR) is 63.0 cm³/mol. The summed E-state index contributed by atoms with van der Waals surface area (Å²) in [7, 11) is 2.58. The summed E-state index contributed by atoms with van der Waals surface area (Å²) in [5.41, 5.74) is 0. The fraction of sp³-hybridized carbons (Fsp3) is 1.00. The van der Waals surface area contributed by atoms with Gasteiger partial charge in [-0.25, -0.2) is 0 Å². The third kappa shape index (κ3) is 5.12. The van der Waals surface area contributed by atoms with Gasteiger partial charge < -0.3 is 13.9 Å². The normalized spacial score (nSPS) is 17.5. The Kier molecular flexibility index (Phi) is 5.00. The van der Waals surface area contributed by atoms with Crippen molar-refractivity contribution in [2.24, 2.45) is 0 Å². The van der Waals surface area contributed by atoms with Crippen LogP contribution in [-0.2, 0) is 9.09 Å². The molecule has 0 aromatic rings. The Labute approximate surface area is 93.4 Å². The molecule has 15 heavy (non-hydrogen) atoms. The van der Waals surface area contributed by atoms with Gasteiger partial charge in [0, 0.05) is 0 Å². The van der Waals surface area contributed by atoms with Crippen molar-refractivity contribution in [1.29, 1.82) is 0 Å². The van der Waals surface area contributed by atoms with E-state index in [-0.39, 0.29) is 0 Å². The molecule has 0 bridgehead atoms. The van der Waals surface area contributed by atoms with Crippen LogP contribution in [0.15, 0.2) is 0 Å². The maximum absolute atomic E-state index is 11.9. The monoisotopic (exact) mass is 238 g/mol. The van der Waals surface area contributed by atoms with E-state index in [9.17, 15) is 9.46 Å². The van der Waals surface area contributed by atoms with Crippen LogP contribution >= 0.6 is 7.60 Å². The largest absolute Gasteiger partial charge is 0.333 e. The highest BCUT2D eigenvalue weighted by atomic mass is 31.2. The van der Waals surface area contributed by atoms with Crippen LogP contribution in [0, 0.1) is 0 Å². The van der Waals surface area contributed by atoms with Gasteiger partial charge in [-0.2, -0.15) is 0 Å². The summed E-state index contributed by atoms with van der Waals surface area (Å²) in [6.07, 6.45) is 0.630. The molecule has 1 atom stereocenters. The summed E-state index contributed by atoms with van der Waals surface area (Å²) in [5.74, 6) is 0. The van der Waals surface area contributed by atoms with Crippen LogP contribution in [0.3, 0.4) is 0 Å². The molecule has 0 spiro atoms. The van der Waals surface area contributed by atoms with Crippen LogP contribution in [0.2, 0.25) is 0 Å². The first-order valence-corrected chi connectivity index (χ1v) is 6.87. The van der Waals surface area contributed by atoms with Gasteiger partial charge in [0.2, 0.25) is 0 Å². The van der Waals surface area contributed by atoms with Gasteiger partial charge in [-0.3, -0.25) is 4.57 Å². The molecule has 0 radical (unpaired) electrons. The maximum Gasteiger partial charge on any atom is 0.333 e. The molecule has 0 rings (SSSR count). The SMILES string of the molecule is CCC(C)(C)P(=O)(O)OCC[N+](C)(C)C. The summed E-state index contributed by atoms with van der Waals surface area (Å²) in [6, 6.07) is 0. The van der Waals surface area contributed by atoms with Crippen molar-refractivity contribution in [2.75, 3.05) is 34.3 Å². The molecular weight excluding hydrogens is 213 g/mol. The van der Waals surface area contributed by atoms with E-state index < -0.39 is 12.8 Å². The fourth-order valence-corrected chi connectivity index (χ4v) is 1.89. The topological polar surface area (TPSA) is 46.5 Å². The van der Waals surface area contributed by atoms with Crippen molar-refractivity contribution in [3.05, 3.63) is 0 Å². The molecule has 0 aliphatic rings. The maximum atomic E-state index is 11.9. The van der Waals surface area contributed by atoms with E-state index in [1.165, 1.54) is 0 Å². The molecule has 5 heteroatoms. The summed E-state index contributed by atoms with van der Waals surface area (Å²) in [4.78, 5) is 9.77. The summed E-state index contributed by atoms with van der Waals surface area (Å²) in [5, 5.41) is -0.655. The van der Waals surface area contributed by atoms with Crippen molar-refractivity contribution < 1.29 is 18.5 Å². The molecule has 0 saturated carbocycles. The molecule has 92 valence electrons. The molecule has 0 aromatic carbocycles. The highest BCUT2D eigenvalue weighted by molar-refractivity contribution is 7.54. The van der Waals surface area contributed by atoms with E-state index in [0.29, 0.717) is 13.0 Å². The number of rotatable bonds is 6. The first-order chi connectivity index (χ1) is 6.52. The Morgan fingerprint density at radius 2 is 1.80 bits per heavy atom. The number of hydrogen-bond acceptors (Lipinski definition) is 2. The summed E-state index contributed by atoms with van der Waals surface area (Å²) in [6.45, 7) is 6.47. The zero-order valence-corrected chi connectivity index (χ0v) is 11.7. The van der Waals surface area contributed by atoms with Crippen molar-refractivity contribution >= 4 is 7.60 Å². The van der Waals surface area contributed by atoms with Gasteiger partial charge in [0.1, 0.15) is 13.2 Å². The zero-order chi connectivity index (χ0) is 12.3. The molecule has 0 amide bonds. The quantitative estimate of drug-likeness (QED) is 0.569. The standard InChI is InChI=1S/C10H24NO3P/c1-7-10(2,3)15(12,13)14-9-8-11(4,5)6/h7-9H2,1-6H3/p+1. The van der Waals surface area contributed by atoms with Gasteiger partial charge in [-0.05, 0) is 20.3 Å². The lowest BCUT2D eigenvalue weighted by Crippen LogP contribution is -2.37. The van der Waals surface area contributed by atoms with E-state index in [4.69, 9.17) is 4.52 Å². The Bertz CT molecular complexity index is 246. The lowest BCUT2D eigenvalue weighted by Gasteiger charge is -2.30. The van der Waals surface area contributed by atoms with Crippen LogP contribution < -0.4 is 0 Å². The Balaban J connectivity index is 4.24. The minimum Gasteiger partial charge on any atom is -0.329 e. The number of likely N-dealkylation sites (N-methyl/N-ethyl adjacent to an activating group) is 1. The van der Waals surface area contributed by atoms with Gasteiger partial charge in [-0.15, -0.1) is 0 Å². The van der Waals surface area contributed by atoms with Crippen LogP contribution in [0.25, 0.3) is 0 Å². The molecule has 1 unspecified atom stereocenters. The van der Waals surface area contributed by atoms with E-state index in [0.717, 1.165) is 11.0 Å². The average molecular weight is 238 g/mol. The second kappa shape index (κ2) is 4.96. The van der Waals surface area contributed by atoms with Crippen LogP contribution in [-0.4, -0.2) is 48.8 Å². The minimum atomic E-state index is -3.49. The van der Waals surface area contributed by atoms with Crippen molar-refractivity contribution in [1.82, 2.24) is 0 Å². The molecule has 0 aliphatic heterocycles. The van der Waals surface area contributed by atoms with Gasteiger partial charge >= 0.3 is 7.60 Å². The van der Waals surface area contributed by atoms with Gasteiger partial charge in [0.05, 0.1) is 26.3 Å². The third-order valence-electron chi connectivity index (χ3n) is 2.66. The van der Waals surface area contributed by atoms with E-state index >= 15 is 0 Å². The first kappa shape index (κ1) is 15.1. The molecule has 1 N–H and O–H groups in total. The van der Waals surface area contributed by atoms with Crippen LogP contribution in [0.4, 0.5) is 0 Å². The molecule has 4 nitrogen and oxygen atoms in total. The van der Waals surface area contributed by atoms with Gasteiger partial charge in [0.15, 0.2) is 0 Å². The molecule has 0 aliphatic carbocycles. The Hall–Kier alpha value is 0.110. The Morgan fingerprint density at radius 3 is 2.13 bits per heavy atom. The molecule has 0 heterocycles. The van der Waals surface area contributed by atoms with Crippen LogP contribution in [0.5, 0.6) is 0 Å². The van der Waals surface area contributed by atoms with Gasteiger partial charge in [0.25, 0.3) is 0 Å². The van der Waals surface area contributed by atoms with Crippen LogP contribution in [0.1, 0.15) is 27.2 Å². The lowest BCUT2D eigenvalue weighted by atomic mass is 10.1. The number of hydrogen-bond donors (Lipinski definition) is 1. The van der Waals surface area contributed by atoms with E-state index in [2.05, 4.69) is 0 Å². The van der Waals surface area contributed by atoms with E-state index in [1.807, 2.05) is 28.1 Å². The van der Waals surface area contributed by atoms with Crippen molar-refractivity contribution in [2.45, 2.75) is 32.3 Å². The second-order valence-electron chi connectivity index (χ2n) is 5.53. The molecular formula is C10H25NO3P+. The minimum absolute atomic E-state index is 0.320. The highest BCUT2D eigenvalue weighted by Gasteiger charge is 2.39. The average Bonchev–Trinajstić information content (AvgIpc) is 2.01. The second-order valence-corrected chi connectivity index (χ2v) is 8.04. The van der Waals surface area contributed by atoms with E-state index in [1.54, 1.807) is 13.8 Å². The highest BCUT2D eigenvalue weighted by Crippen LogP contribution is 2.56. The zero-order valence-electron chi connectivity index (χ0n) is 10.8. The number of quaternary nitrogens is 1.